The van der Waals surface area contributed by atoms with Crippen molar-refractivity contribution >= 4 is 23.4 Å². The predicted octanol–water partition coefficient (Wildman–Crippen LogP) is 3.53. The highest BCUT2D eigenvalue weighted by Crippen LogP contribution is 2.41. The van der Waals surface area contributed by atoms with E-state index in [4.69, 9.17) is 11.6 Å². The van der Waals surface area contributed by atoms with Crippen molar-refractivity contribution in [2.24, 2.45) is 0 Å². The van der Waals surface area contributed by atoms with Crippen LogP contribution in [0.4, 0.5) is 0 Å². The van der Waals surface area contributed by atoms with Gasteiger partial charge in [0.1, 0.15) is 0 Å². The molecule has 2 unspecified atom stereocenters. The normalized spacial score (nSPS) is 26.9. The average Bonchev–Trinajstić information content (AvgIpc) is 2.66. The molecule has 0 radical (unpaired) electrons. The summed E-state index contributed by atoms with van der Waals surface area (Å²) in [4.78, 5) is 0. The molecule has 1 aromatic rings. The van der Waals surface area contributed by atoms with Crippen LogP contribution < -0.4 is 0 Å². The maximum atomic E-state index is 10.3. The Kier molecular flexibility index (Phi) is 3.83. The van der Waals surface area contributed by atoms with Crippen molar-refractivity contribution in [2.75, 3.05) is 5.75 Å². The lowest BCUT2D eigenvalue weighted by molar-refractivity contribution is 0.133. The molecule has 1 aliphatic rings. The van der Waals surface area contributed by atoms with Gasteiger partial charge in [-0.2, -0.15) is 11.8 Å². The standard InChI is InChI=1S/C13H17ClOS/c1-13(6-3-7-16-13)12(15)9-10-4-2-5-11(14)8-10/h2,4-5,8,12,15H,3,6-7,9H2,1H3. The number of aliphatic hydroxyl groups excluding tert-OH is 1. The fourth-order valence-electron chi connectivity index (χ4n) is 2.17. The van der Waals surface area contributed by atoms with Gasteiger partial charge in [-0.25, -0.2) is 0 Å². The molecule has 0 spiro atoms. The van der Waals surface area contributed by atoms with E-state index in [-0.39, 0.29) is 10.9 Å². The van der Waals surface area contributed by atoms with E-state index in [2.05, 4.69) is 6.92 Å². The molecule has 1 N–H and O–H groups in total. The van der Waals surface area contributed by atoms with Gasteiger partial charge < -0.3 is 5.11 Å². The summed E-state index contributed by atoms with van der Waals surface area (Å²) < 4.78 is 0.0301. The molecule has 2 rings (SSSR count). The SMILES string of the molecule is CC1(C(O)Cc2cccc(Cl)c2)CCCS1. The molecule has 1 saturated heterocycles. The van der Waals surface area contributed by atoms with E-state index >= 15 is 0 Å². The van der Waals surface area contributed by atoms with Crippen LogP contribution in [-0.4, -0.2) is 21.7 Å². The Balaban J connectivity index is 2.04. The van der Waals surface area contributed by atoms with Crippen LogP contribution in [0.5, 0.6) is 0 Å². The van der Waals surface area contributed by atoms with E-state index in [0.717, 1.165) is 17.0 Å². The maximum Gasteiger partial charge on any atom is 0.0724 e. The first-order valence-electron chi connectivity index (χ1n) is 5.67. The van der Waals surface area contributed by atoms with Gasteiger partial charge in [-0.05, 0) is 49.6 Å². The highest BCUT2D eigenvalue weighted by molar-refractivity contribution is 8.00. The van der Waals surface area contributed by atoms with Crippen LogP contribution in [0, 0.1) is 0 Å². The Hall–Kier alpha value is -0.180. The molecular weight excluding hydrogens is 240 g/mol. The number of halogens is 1. The highest BCUT2D eigenvalue weighted by Gasteiger charge is 2.36. The van der Waals surface area contributed by atoms with Gasteiger partial charge in [-0.3, -0.25) is 0 Å². The van der Waals surface area contributed by atoms with Gasteiger partial charge in [0.2, 0.25) is 0 Å². The topological polar surface area (TPSA) is 20.2 Å². The lowest BCUT2D eigenvalue weighted by Gasteiger charge is -2.29. The van der Waals surface area contributed by atoms with Crippen molar-refractivity contribution in [1.29, 1.82) is 0 Å². The van der Waals surface area contributed by atoms with Crippen LogP contribution in [0.1, 0.15) is 25.3 Å². The van der Waals surface area contributed by atoms with Crippen molar-refractivity contribution < 1.29 is 5.11 Å². The first-order valence-corrected chi connectivity index (χ1v) is 7.03. The third-order valence-corrected chi connectivity index (χ3v) is 5.14. The summed E-state index contributed by atoms with van der Waals surface area (Å²) in [5, 5.41) is 11.0. The Morgan fingerprint density at radius 1 is 1.56 bits per heavy atom. The van der Waals surface area contributed by atoms with Gasteiger partial charge >= 0.3 is 0 Å². The van der Waals surface area contributed by atoms with E-state index in [1.54, 1.807) is 0 Å². The molecule has 1 heterocycles. The number of aliphatic hydroxyl groups is 1. The molecule has 2 atom stereocenters. The zero-order valence-corrected chi connectivity index (χ0v) is 11.0. The first kappa shape index (κ1) is 12.3. The molecule has 0 amide bonds. The molecule has 0 saturated carbocycles. The van der Waals surface area contributed by atoms with Gasteiger partial charge in [-0.1, -0.05) is 23.7 Å². The van der Waals surface area contributed by atoms with Crippen LogP contribution in [0.25, 0.3) is 0 Å². The zero-order chi connectivity index (χ0) is 11.6. The first-order chi connectivity index (χ1) is 7.60. The summed E-state index contributed by atoms with van der Waals surface area (Å²) >= 11 is 7.83. The van der Waals surface area contributed by atoms with Crippen LogP contribution in [0.15, 0.2) is 24.3 Å². The highest BCUT2D eigenvalue weighted by atomic mass is 35.5. The minimum atomic E-state index is -0.279. The van der Waals surface area contributed by atoms with Crippen molar-refractivity contribution in [1.82, 2.24) is 0 Å². The van der Waals surface area contributed by atoms with Gasteiger partial charge in [0.15, 0.2) is 0 Å². The number of benzene rings is 1. The maximum absolute atomic E-state index is 10.3. The minimum absolute atomic E-state index is 0.0301. The summed E-state index contributed by atoms with van der Waals surface area (Å²) in [6, 6.07) is 7.77. The Morgan fingerprint density at radius 2 is 2.38 bits per heavy atom. The zero-order valence-electron chi connectivity index (χ0n) is 9.45. The van der Waals surface area contributed by atoms with Crippen molar-refractivity contribution in [3.63, 3.8) is 0 Å². The van der Waals surface area contributed by atoms with Crippen LogP contribution in [-0.2, 0) is 6.42 Å². The van der Waals surface area contributed by atoms with Crippen LogP contribution in [0.2, 0.25) is 5.02 Å². The van der Waals surface area contributed by atoms with Crippen LogP contribution >= 0.6 is 23.4 Å². The molecule has 1 nitrogen and oxygen atoms in total. The molecule has 0 aliphatic carbocycles. The van der Waals surface area contributed by atoms with Crippen molar-refractivity contribution in [2.45, 2.75) is 37.0 Å². The van der Waals surface area contributed by atoms with E-state index in [1.165, 1.54) is 12.2 Å². The van der Waals surface area contributed by atoms with E-state index < -0.39 is 0 Å². The smallest absolute Gasteiger partial charge is 0.0724 e. The molecule has 88 valence electrons. The molecule has 0 aromatic heterocycles. The van der Waals surface area contributed by atoms with Gasteiger partial charge in [0.05, 0.1) is 6.10 Å². The van der Waals surface area contributed by atoms with Gasteiger partial charge in [0, 0.05) is 9.77 Å². The summed E-state index contributed by atoms with van der Waals surface area (Å²) in [5.41, 5.74) is 1.12. The lowest BCUT2D eigenvalue weighted by Crippen LogP contribution is -2.35. The van der Waals surface area contributed by atoms with Crippen molar-refractivity contribution in [3.8, 4) is 0 Å². The second-order valence-electron chi connectivity index (χ2n) is 4.61. The average molecular weight is 257 g/mol. The number of rotatable bonds is 3. The van der Waals surface area contributed by atoms with E-state index in [1.807, 2.05) is 36.0 Å². The monoisotopic (exact) mass is 256 g/mol. The Labute approximate surface area is 106 Å². The molecule has 3 heteroatoms. The summed E-state index contributed by atoms with van der Waals surface area (Å²) in [6.07, 6.45) is 2.75. The van der Waals surface area contributed by atoms with Gasteiger partial charge in [0.25, 0.3) is 0 Å². The number of hydrogen-bond acceptors (Lipinski definition) is 2. The summed E-state index contributed by atoms with van der Waals surface area (Å²) in [7, 11) is 0. The second kappa shape index (κ2) is 4.99. The van der Waals surface area contributed by atoms with Gasteiger partial charge in [-0.15, -0.1) is 0 Å². The Morgan fingerprint density at radius 3 is 3.00 bits per heavy atom. The summed E-state index contributed by atoms with van der Waals surface area (Å²) in [5.74, 6) is 1.17. The second-order valence-corrected chi connectivity index (χ2v) is 6.68. The number of hydrogen-bond donors (Lipinski definition) is 1. The third-order valence-electron chi connectivity index (χ3n) is 3.27. The fourth-order valence-corrected chi connectivity index (χ4v) is 3.70. The largest absolute Gasteiger partial charge is 0.391 e. The van der Waals surface area contributed by atoms with Crippen molar-refractivity contribution in [3.05, 3.63) is 34.9 Å². The van der Waals surface area contributed by atoms with Crippen LogP contribution in [0.3, 0.4) is 0 Å². The Bertz CT molecular complexity index is 361. The summed E-state index contributed by atoms with van der Waals surface area (Å²) in [6.45, 7) is 2.17. The molecule has 1 fully saturated rings. The molecular formula is C13H17ClOS. The van der Waals surface area contributed by atoms with E-state index in [0.29, 0.717) is 6.42 Å². The number of thioether (sulfide) groups is 1. The molecule has 1 aliphatic heterocycles. The molecule has 0 bridgehead atoms. The quantitative estimate of drug-likeness (QED) is 0.893. The molecule has 1 aromatic carbocycles. The third kappa shape index (κ3) is 2.73. The minimum Gasteiger partial charge on any atom is -0.391 e. The lowest BCUT2D eigenvalue weighted by atomic mass is 9.93. The predicted molar refractivity (Wildman–Crippen MR) is 71.3 cm³/mol. The fraction of sp³-hybridized carbons (Fsp3) is 0.538. The molecule has 16 heavy (non-hydrogen) atoms. The van der Waals surface area contributed by atoms with E-state index in [9.17, 15) is 5.11 Å².